The summed E-state index contributed by atoms with van der Waals surface area (Å²) in [5.74, 6) is 0.836. The van der Waals surface area contributed by atoms with Gasteiger partial charge in [-0.15, -0.1) is 0 Å². The minimum Gasteiger partial charge on any atom is -0.461 e. The zero-order valence-electron chi connectivity index (χ0n) is 16.7. The molecule has 1 aromatic heterocycles. The van der Waals surface area contributed by atoms with Crippen molar-refractivity contribution in [3.63, 3.8) is 0 Å². The third-order valence-electron chi connectivity index (χ3n) is 4.64. The maximum atomic E-state index is 12.6. The van der Waals surface area contributed by atoms with Gasteiger partial charge in [-0.2, -0.15) is 0 Å². The van der Waals surface area contributed by atoms with Crippen molar-refractivity contribution in [1.29, 1.82) is 0 Å². The van der Waals surface area contributed by atoms with Crippen LogP contribution < -0.4 is 10.5 Å². The van der Waals surface area contributed by atoms with Crippen molar-refractivity contribution < 1.29 is 14.3 Å². The molecule has 0 unspecified atom stereocenters. The number of esters is 1. The van der Waals surface area contributed by atoms with Crippen molar-refractivity contribution in [3.8, 4) is 22.6 Å². The number of hydrogen-bond donors (Lipinski definition) is 1. The van der Waals surface area contributed by atoms with E-state index < -0.39 is 5.97 Å². The van der Waals surface area contributed by atoms with Crippen LogP contribution in [0.1, 0.15) is 30.0 Å². The highest BCUT2D eigenvalue weighted by Gasteiger charge is 2.26. The first-order valence-corrected chi connectivity index (χ1v) is 9.40. The fourth-order valence-electron chi connectivity index (χ4n) is 3.36. The van der Waals surface area contributed by atoms with Gasteiger partial charge in [0.15, 0.2) is 0 Å². The molecule has 1 heterocycles. The number of nitrogens with two attached hydrogens (primary N) is 1. The van der Waals surface area contributed by atoms with Gasteiger partial charge in [-0.05, 0) is 43.2 Å². The fourth-order valence-corrected chi connectivity index (χ4v) is 3.36. The topological polar surface area (TPSA) is 70.8 Å². The van der Waals surface area contributed by atoms with Gasteiger partial charge in [0.25, 0.3) is 0 Å². The van der Waals surface area contributed by atoms with E-state index in [9.17, 15) is 4.79 Å². The van der Waals surface area contributed by atoms with E-state index in [2.05, 4.69) is 4.85 Å². The molecule has 0 spiro atoms. The highest BCUT2D eigenvalue weighted by atomic mass is 16.5. The number of nitrogen functional groups attached to an aromatic ring is 1. The van der Waals surface area contributed by atoms with Crippen LogP contribution in [0.3, 0.4) is 0 Å². The first-order chi connectivity index (χ1) is 14.0. The molecule has 0 saturated heterocycles. The van der Waals surface area contributed by atoms with Crippen LogP contribution in [-0.2, 0) is 18.2 Å². The maximum absolute atomic E-state index is 12.6. The minimum absolute atomic E-state index is 0.269. The third-order valence-corrected chi connectivity index (χ3v) is 4.64. The van der Waals surface area contributed by atoms with Crippen LogP contribution in [0.15, 0.2) is 48.5 Å². The molecule has 29 heavy (non-hydrogen) atoms. The van der Waals surface area contributed by atoms with Gasteiger partial charge in [-0.3, -0.25) is 0 Å². The van der Waals surface area contributed by atoms with Crippen molar-refractivity contribution >= 4 is 17.3 Å². The largest absolute Gasteiger partial charge is 0.461 e. The Labute approximate surface area is 170 Å². The summed E-state index contributed by atoms with van der Waals surface area (Å²) in [4.78, 5) is 16.3. The second-order valence-electron chi connectivity index (χ2n) is 6.46. The van der Waals surface area contributed by atoms with E-state index in [1.807, 2.05) is 31.2 Å². The minimum atomic E-state index is -0.435. The summed E-state index contributed by atoms with van der Waals surface area (Å²) in [5, 5.41) is 0. The molecule has 0 amide bonds. The second-order valence-corrected chi connectivity index (χ2v) is 6.46. The summed E-state index contributed by atoms with van der Waals surface area (Å²) in [7, 11) is 1.79. The lowest BCUT2D eigenvalue weighted by Crippen LogP contribution is -2.12. The van der Waals surface area contributed by atoms with Crippen molar-refractivity contribution in [3.05, 3.63) is 71.3 Å². The zero-order chi connectivity index (χ0) is 21.0. The standard InChI is InChI=1S/C23H23N3O3/c1-5-19-21(25-3)20(22(26(19)4)23(27)28-6-2)15-10-12-17(13-11-15)29-18-9-7-8-16(24)14-18/h7-14H,5-6,24H2,1-2,4H3. The van der Waals surface area contributed by atoms with Gasteiger partial charge >= 0.3 is 5.97 Å². The molecule has 0 bridgehead atoms. The summed E-state index contributed by atoms with van der Waals surface area (Å²) in [6.07, 6.45) is 0.636. The molecular formula is C23H23N3O3. The van der Waals surface area contributed by atoms with E-state index in [0.29, 0.717) is 40.6 Å². The van der Waals surface area contributed by atoms with Gasteiger partial charge in [0.1, 0.15) is 17.2 Å². The number of rotatable bonds is 6. The summed E-state index contributed by atoms with van der Waals surface area (Å²) >= 11 is 0. The molecule has 0 aliphatic carbocycles. The van der Waals surface area contributed by atoms with Gasteiger partial charge in [0.2, 0.25) is 5.69 Å². The second kappa shape index (κ2) is 8.53. The Balaban J connectivity index is 2.03. The molecule has 0 aliphatic heterocycles. The van der Waals surface area contributed by atoms with Gasteiger partial charge in [0, 0.05) is 30.1 Å². The lowest BCUT2D eigenvalue weighted by atomic mass is 10.0. The molecule has 2 aromatic carbocycles. The van der Waals surface area contributed by atoms with E-state index in [4.69, 9.17) is 21.8 Å². The van der Waals surface area contributed by atoms with Crippen molar-refractivity contribution in [2.45, 2.75) is 20.3 Å². The smallest absolute Gasteiger partial charge is 0.354 e. The van der Waals surface area contributed by atoms with E-state index in [0.717, 1.165) is 11.3 Å². The highest BCUT2D eigenvalue weighted by Crippen LogP contribution is 2.40. The number of carbonyl (C=O) groups is 1. The third kappa shape index (κ3) is 3.94. The van der Waals surface area contributed by atoms with Crippen LogP contribution in [-0.4, -0.2) is 17.1 Å². The van der Waals surface area contributed by atoms with Crippen LogP contribution in [0.4, 0.5) is 11.4 Å². The van der Waals surface area contributed by atoms with Crippen LogP contribution >= 0.6 is 0 Å². The van der Waals surface area contributed by atoms with Crippen molar-refractivity contribution in [2.24, 2.45) is 7.05 Å². The van der Waals surface area contributed by atoms with Crippen LogP contribution in [0.5, 0.6) is 11.5 Å². The molecule has 0 saturated carbocycles. The summed E-state index contributed by atoms with van der Waals surface area (Å²) in [6.45, 7) is 11.7. The molecule has 148 valence electrons. The monoisotopic (exact) mass is 389 g/mol. The molecule has 2 N–H and O–H groups in total. The molecule has 0 aliphatic rings. The number of carbonyl (C=O) groups excluding carboxylic acids is 1. The summed E-state index contributed by atoms with van der Waals surface area (Å²) < 4.78 is 12.8. The van der Waals surface area contributed by atoms with E-state index in [1.165, 1.54) is 0 Å². The van der Waals surface area contributed by atoms with Crippen LogP contribution in [0.2, 0.25) is 0 Å². The molecule has 6 heteroatoms. The molecule has 3 aromatic rings. The number of hydrogen-bond acceptors (Lipinski definition) is 4. The van der Waals surface area contributed by atoms with Gasteiger partial charge < -0.3 is 19.8 Å². The highest BCUT2D eigenvalue weighted by molar-refractivity contribution is 6.01. The Kier molecular flexibility index (Phi) is 5.89. The average molecular weight is 389 g/mol. The molecule has 3 rings (SSSR count). The Morgan fingerprint density at radius 3 is 2.45 bits per heavy atom. The van der Waals surface area contributed by atoms with Crippen molar-refractivity contribution in [1.82, 2.24) is 4.57 Å². The average Bonchev–Trinajstić information content (AvgIpc) is 3.00. The lowest BCUT2D eigenvalue weighted by molar-refractivity contribution is 0.0516. The zero-order valence-corrected chi connectivity index (χ0v) is 16.7. The molecule has 0 fully saturated rings. The van der Waals surface area contributed by atoms with E-state index >= 15 is 0 Å². The van der Waals surface area contributed by atoms with Gasteiger partial charge in [0.05, 0.1) is 13.2 Å². The number of aromatic nitrogens is 1. The number of nitrogens with zero attached hydrogens (tertiary/aromatic N) is 2. The molecular weight excluding hydrogens is 366 g/mol. The van der Waals surface area contributed by atoms with E-state index in [1.54, 1.807) is 42.8 Å². The number of benzene rings is 2. The predicted molar refractivity (Wildman–Crippen MR) is 113 cm³/mol. The fraction of sp³-hybridized carbons (Fsp3) is 0.217. The number of anilines is 1. The Hall–Kier alpha value is -3.72. The predicted octanol–water partition coefficient (Wildman–Crippen LogP) is 5.36. The maximum Gasteiger partial charge on any atom is 0.354 e. The SMILES string of the molecule is [C-]#[N+]c1c(-c2ccc(Oc3cccc(N)c3)cc2)c(C(=O)OCC)n(C)c1CC. The van der Waals surface area contributed by atoms with E-state index in [-0.39, 0.29) is 6.61 Å². The quantitative estimate of drug-likeness (QED) is 0.350. The first kappa shape index (κ1) is 20.0. The van der Waals surface area contributed by atoms with Gasteiger partial charge in [-0.1, -0.05) is 25.1 Å². The number of ether oxygens (including phenoxy) is 2. The Morgan fingerprint density at radius 2 is 1.86 bits per heavy atom. The van der Waals surface area contributed by atoms with Crippen molar-refractivity contribution in [2.75, 3.05) is 12.3 Å². The van der Waals surface area contributed by atoms with Crippen LogP contribution in [0.25, 0.3) is 16.0 Å². The van der Waals surface area contributed by atoms with Gasteiger partial charge in [-0.25, -0.2) is 9.64 Å². The molecule has 0 atom stereocenters. The Morgan fingerprint density at radius 1 is 1.14 bits per heavy atom. The summed E-state index contributed by atoms with van der Waals surface area (Å²) in [6, 6.07) is 14.5. The normalized spacial score (nSPS) is 10.4. The molecule has 6 nitrogen and oxygen atoms in total. The lowest BCUT2D eigenvalue weighted by Gasteiger charge is -2.10. The Bertz CT molecular complexity index is 1080. The molecule has 0 radical (unpaired) electrons. The first-order valence-electron chi connectivity index (χ1n) is 9.40. The van der Waals surface area contributed by atoms with Crippen LogP contribution in [0, 0.1) is 6.57 Å². The summed E-state index contributed by atoms with van der Waals surface area (Å²) in [5.41, 5.74) is 9.43.